The fourth-order valence-electron chi connectivity index (χ4n) is 2.76. The van der Waals surface area contributed by atoms with Gasteiger partial charge in [-0.05, 0) is 45.2 Å². The lowest BCUT2D eigenvalue weighted by Gasteiger charge is -2.20. The Morgan fingerprint density at radius 3 is 2.62 bits per heavy atom. The number of H-pyrrole nitrogens is 1. The van der Waals surface area contributed by atoms with E-state index in [1.807, 2.05) is 13.8 Å². The Morgan fingerprint density at radius 2 is 2.00 bits per heavy atom. The van der Waals surface area contributed by atoms with Crippen LogP contribution in [-0.2, 0) is 6.42 Å². The zero-order valence-electron chi connectivity index (χ0n) is 13.4. The van der Waals surface area contributed by atoms with Crippen molar-refractivity contribution in [2.24, 2.45) is 0 Å². The van der Waals surface area contributed by atoms with Crippen LogP contribution in [0.4, 0.5) is 5.69 Å². The molecule has 0 bridgehead atoms. The number of aryl methyl sites for hydroxylation is 4. The SMILES string of the molecule is CCc1cccc(C)c1NC(C)c1c(C)nc(C)[nH]c1=O. The largest absolute Gasteiger partial charge is 0.378 e. The molecule has 0 amide bonds. The van der Waals surface area contributed by atoms with E-state index in [0.717, 1.165) is 17.8 Å². The Bertz CT molecular complexity index is 704. The average Bonchev–Trinajstić information content (AvgIpc) is 2.39. The van der Waals surface area contributed by atoms with Gasteiger partial charge in [-0.3, -0.25) is 4.79 Å². The summed E-state index contributed by atoms with van der Waals surface area (Å²) in [6, 6.07) is 6.18. The molecule has 0 fully saturated rings. The van der Waals surface area contributed by atoms with Gasteiger partial charge in [-0.15, -0.1) is 0 Å². The molecule has 1 unspecified atom stereocenters. The summed E-state index contributed by atoms with van der Waals surface area (Å²) in [7, 11) is 0. The number of nitrogens with zero attached hydrogens (tertiary/aromatic N) is 1. The molecule has 0 aliphatic heterocycles. The van der Waals surface area contributed by atoms with Gasteiger partial charge in [0.2, 0.25) is 0 Å². The van der Waals surface area contributed by atoms with E-state index in [1.54, 1.807) is 6.92 Å². The molecular weight excluding hydrogens is 262 g/mol. The van der Waals surface area contributed by atoms with Gasteiger partial charge in [-0.25, -0.2) is 4.98 Å². The Balaban J connectivity index is 2.40. The van der Waals surface area contributed by atoms with E-state index >= 15 is 0 Å². The molecule has 2 aromatic rings. The molecular formula is C17H23N3O. The van der Waals surface area contributed by atoms with Crippen molar-refractivity contribution in [2.45, 2.75) is 47.1 Å². The molecule has 0 aliphatic rings. The van der Waals surface area contributed by atoms with Crippen molar-refractivity contribution in [3.8, 4) is 0 Å². The number of rotatable bonds is 4. The van der Waals surface area contributed by atoms with Crippen LogP contribution >= 0.6 is 0 Å². The summed E-state index contributed by atoms with van der Waals surface area (Å²) in [5.74, 6) is 0.651. The van der Waals surface area contributed by atoms with E-state index in [0.29, 0.717) is 11.4 Å². The number of para-hydroxylation sites is 1. The summed E-state index contributed by atoms with van der Waals surface area (Å²) in [5, 5.41) is 3.49. The van der Waals surface area contributed by atoms with Gasteiger partial charge in [0.1, 0.15) is 5.82 Å². The topological polar surface area (TPSA) is 57.8 Å². The number of aromatic nitrogens is 2. The van der Waals surface area contributed by atoms with Gasteiger partial charge in [-0.2, -0.15) is 0 Å². The predicted octanol–water partition coefficient (Wildman–Crippen LogP) is 3.43. The molecule has 2 rings (SSSR count). The lowest BCUT2D eigenvalue weighted by Crippen LogP contribution is -2.23. The van der Waals surface area contributed by atoms with Crippen LogP contribution < -0.4 is 10.9 Å². The van der Waals surface area contributed by atoms with E-state index in [9.17, 15) is 4.79 Å². The molecule has 1 aromatic heterocycles. The minimum absolute atomic E-state index is 0.0633. The molecule has 2 N–H and O–H groups in total. The predicted molar refractivity (Wildman–Crippen MR) is 86.9 cm³/mol. The normalized spacial score (nSPS) is 12.2. The molecule has 1 heterocycles. The summed E-state index contributed by atoms with van der Waals surface area (Å²) >= 11 is 0. The second-order valence-electron chi connectivity index (χ2n) is 5.48. The number of benzene rings is 1. The molecule has 21 heavy (non-hydrogen) atoms. The second kappa shape index (κ2) is 6.12. The molecule has 0 saturated heterocycles. The van der Waals surface area contributed by atoms with Gasteiger partial charge in [0.05, 0.1) is 17.3 Å². The standard InChI is InChI=1S/C17H23N3O/c1-6-14-9-7-8-10(2)16(14)19-12(4)15-11(3)18-13(5)20-17(15)21/h7-9,12,19H,6H2,1-5H3,(H,18,20,21). The fraction of sp³-hybridized carbons (Fsp3) is 0.412. The number of nitrogens with one attached hydrogen (secondary N) is 2. The van der Waals surface area contributed by atoms with Crippen molar-refractivity contribution in [1.29, 1.82) is 0 Å². The summed E-state index contributed by atoms with van der Waals surface area (Å²) in [4.78, 5) is 19.3. The molecule has 1 aromatic carbocycles. The van der Waals surface area contributed by atoms with Crippen molar-refractivity contribution in [1.82, 2.24) is 9.97 Å². The van der Waals surface area contributed by atoms with Crippen molar-refractivity contribution < 1.29 is 0 Å². The molecule has 112 valence electrons. The number of aromatic amines is 1. The van der Waals surface area contributed by atoms with Crippen LogP contribution in [0.5, 0.6) is 0 Å². The van der Waals surface area contributed by atoms with E-state index < -0.39 is 0 Å². The van der Waals surface area contributed by atoms with Crippen molar-refractivity contribution in [3.63, 3.8) is 0 Å². The van der Waals surface area contributed by atoms with Gasteiger partial charge in [0.15, 0.2) is 0 Å². The van der Waals surface area contributed by atoms with Crippen LogP contribution in [0.3, 0.4) is 0 Å². The van der Waals surface area contributed by atoms with Gasteiger partial charge < -0.3 is 10.3 Å². The Labute approximate surface area is 125 Å². The third kappa shape index (κ3) is 3.15. The minimum Gasteiger partial charge on any atom is -0.378 e. The highest BCUT2D eigenvalue weighted by Gasteiger charge is 2.16. The van der Waals surface area contributed by atoms with Crippen molar-refractivity contribution in [3.05, 3.63) is 56.8 Å². The Hall–Kier alpha value is -2.10. The maximum Gasteiger partial charge on any atom is 0.256 e. The van der Waals surface area contributed by atoms with Crippen LogP contribution in [0.2, 0.25) is 0 Å². The molecule has 4 nitrogen and oxygen atoms in total. The fourth-order valence-corrected chi connectivity index (χ4v) is 2.76. The minimum atomic E-state index is -0.0896. The Kier molecular flexibility index (Phi) is 4.46. The highest BCUT2D eigenvalue weighted by Crippen LogP contribution is 2.26. The van der Waals surface area contributed by atoms with Crippen LogP contribution in [0.25, 0.3) is 0 Å². The van der Waals surface area contributed by atoms with E-state index in [2.05, 4.69) is 47.3 Å². The number of anilines is 1. The quantitative estimate of drug-likeness (QED) is 0.905. The first-order valence-corrected chi connectivity index (χ1v) is 7.36. The first kappa shape index (κ1) is 15.3. The summed E-state index contributed by atoms with van der Waals surface area (Å²) in [5.41, 5.74) is 4.98. The lowest BCUT2D eigenvalue weighted by molar-refractivity contribution is 0.810. The summed E-state index contributed by atoms with van der Waals surface area (Å²) in [6.07, 6.45) is 0.957. The molecule has 0 aliphatic carbocycles. The highest BCUT2D eigenvalue weighted by molar-refractivity contribution is 5.58. The number of hydrogen-bond donors (Lipinski definition) is 2. The third-order valence-electron chi connectivity index (χ3n) is 3.80. The van der Waals surface area contributed by atoms with Crippen molar-refractivity contribution >= 4 is 5.69 Å². The first-order valence-electron chi connectivity index (χ1n) is 7.36. The van der Waals surface area contributed by atoms with Crippen LogP contribution in [0.1, 0.15) is 48.1 Å². The van der Waals surface area contributed by atoms with Crippen LogP contribution in [0, 0.1) is 20.8 Å². The summed E-state index contributed by atoms with van der Waals surface area (Å²) < 4.78 is 0. The molecule has 1 atom stereocenters. The third-order valence-corrected chi connectivity index (χ3v) is 3.80. The molecule has 0 radical (unpaired) electrons. The first-order chi connectivity index (χ1) is 9.93. The molecule has 0 saturated carbocycles. The summed E-state index contributed by atoms with van der Waals surface area (Å²) in [6.45, 7) is 9.90. The van der Waals surface area contributed by atoms with E-state index in [-0.39, 0.29) is 11.6 Å². The van der Waals surface area contributed by atoms with Gasteiger partial charge in [0, 0.05) is 5.69 Å². The smallest absolute Gasteiger partial charge is 0.256 e. The lowest BCUT2D eigenvalue weighted by atomic mass is 10.0. The van der Waals surface area contributed by atoms with Gasteiger partial charge in [-0.1, -0.05) is 25.1 Å². The van der Waals surface area contributed by atoms with Gasteiger partial charge in [0.25, 0.3) is 5.56 Å². The maximum atomic E-state index is 12.2. The zero-order chi connectivity index (χ0) is 15.6. The number of hydrogen-bond acceptors (Lipinski definition) is 3. The average molecular weight is 285 g/mol. The zero-order valence-corrected chi connectivity index (χ0v) is 13.4. The maximum absolute atomic E-state index is 12.2. The molecule has 0 spiro atoms. The van der Waals surface area contributed by atoms with E-state index in [4.69, 9.17) is 0 Å². The van der Waals surface area contributed by atoms with Crippen LogP contribution in [0.15, 0.2) is 23.0 Å². The van der Waals surface area contributed by atoms with Crippen LogP contribution in [-0.4, -0.2) is 9.97 Å². The van der Waals surface area contributed by atoms with Crippen molar-refractivity contribution in [2.75, 3.05) is 5.32 Å². The molecule has 4 heteroatoms. The Morgan fingerprint density at radius 1 is 1.29 bits per heavy atom. The second-order valence-corrected chi connectivity index (χ2v) is 5.48. The van der Waals surface area contributed by atoms with E-state index in [1.165, 1.54) is 11.1 Å². The highest BCUT2D eigenvalue weighted by atomic mass is 16.1. The monoisotopic (exact) mass is 285 g/mol. The van der Waals surface area contributed by atoms with Gasteiger partial charge >= 0.3 is 0 Å².